The first-order valence-corrected chi connectivity index (χ1v) is 9.97. The third kappa shape index (κ3) is 4.29. The van der Waals surface area contributed by atoms with Crippen LogP contribution in [0.15, 0.2) is 24.3 Å². The number of fused-ring (bicyclic) bond motifs is 2. The number of halogens is 1. The molecule has 1 amide bonds. The summed E-state index contributed by atoms with van der Waals surface area (Å²) in [4.78, 5) is 20.0. The van der Waals surface area contributed by atoms with E-state index < -0.39 is 0 Å². The maximum Gasteiger partial charge on any atom is 0.278 e. The number of aromatic amines is 1. The van der Waals surface area contributed by atoms with Gasteiger partial charge >= 0.3 is 0 Å². The number of carbonyl (C=O) groups excluding carboxylic acids is 1. The van der Waals surface area contributed by atoms with Crippen LogP contribution in [0.1, 0.15) is 35.6 Å². The molecule has 9 heteroatoms. The molecule has 1 aliphatic heterocycles. The van der Waals surface area contributed by atoms with E-state index in [4.69, 9.17) is 0 Å². The van der Waals surface area contributed by atoms with Crippen molar-refractivity contribution in [3.05, 3.63) is 41.2 Å². The second kappa shape index (κ2) is 9.39. The summed E-state index contributed by atoms with van der Waals surface area (Å²) in [6.45, 7) is 9.54. The minimum Gasteiger partial charge on any atom is -0.312 e. The highest BCUT2D eigenvalue weighted by atomic mass is 35.5. The van der Waals surface area contributed by atoms with Gasteiger partial charge in [-0.05, 0) is 25.2 Å². The lowest BCUT2D eigenvalue weighted by Crippen LogP contribution is -2.28. The number of hydrogen-bond acceptors (Lipinski definition) is 5. The highest BCUT2D eigenvalue weighted by Gasteiger charge is 2.23. The van der Waals surface area contributed by atoms with Gasteiger partial charge in [-0.1, -0.05) is 26.0 Å². The van der Waals surface area contributed by atoms with E-state index in [9.17, 15) is 4.79 Å². The Bertz CT molecular complexity index is 977. The fourth-order valence-electron chi connectivity index (χ4n) is 3.75. The van der Waals surface area contributed by atoms with Crippen molar-refractivity contribution in [2.45, 2.75) is 33.4 Å². The summed E-state index contributed by atoms with van der Waals surface area (Å²) in [6, 6.07) is 7.98. The monoisotopic (exact) mass is 417 g/mol. The standard InChI is InChI=1S/C20H27N7O.ClH/c1-3-26(4-2)11-12-27-17-8-6-5-7-16(17)22-20(27)23-19(28)18-14-13-21-10-9-15(14)24-25-18;/h5-8,21H,3-4,9-13H2,1-2H3,(H,24,25)(H,22,23,28);1H. The van der Waals surface area contributed by atoms with Crippen molar-refractivity contribution in [3.63, 3.8) is 0 Å². The Hall–Kier alpha value is -2.42. The Kier molecular flexibility index (Phi) is 6.89. The van der Waals surface area contributed by atoms with E-state index >= 15 is 0 Å². The van der Waals surface area contributed by atoms with E-state index in [0.29, 0.717) is 18.2 Å². The lowest BCUT2D eigenvalue weighted by Gasteiger charge is -2.19. The molecule has 8 nitrogen and oxygen atoms in total. The zero-order valence-electron chi connectivity index (χ0n) is 16.9. The molecule has 0 saturated heterocycles. The number of aromatic nitrogens is 4. The number of para-hydroxylation sites is 2. The number of imidazole rings is 1. The molecular formula is C20H28ClN7O. The van der Waals surface area contributed by atoms with Crippen LogP contribution >= 0.6 is 12.4 Å². The average molecular weight is 418 g/mol. The molecule has 4 rings (SSSR count). The first kappa shape index (κ1) is 21.3. The quantitative estimate of drug-likeness (QED) is 0.549. The fourth-order valence-corrected chi connectivity index (χ4v) is 3.75. The van der Waals surface area contributed by atoms with Crippen molar-refractivity contribution in [2.75, 3.05) is 31.5 Å². The lowest BCUT2D eigenvalue weighted by atomic mass is 10.1. The van der Waals surface area contributed by atoms with Crippen molar-refractivity contribution in [1.82, 2.24) is 30.0 Å². The second-order valence-electron chi connectivity index (χ2n) is 7.01. The van der Waals surface area contributed by atoms with Crippen LogP contribution < -0.4 is 10.6 Å². The summed E-state index contributed by atoms with van der Waals surface area (Å²) in [5, 5.41) is 13.6. The summed E-state index contributed by atoms with van der Waals surface area (Å²) < 4.78 is 2.09. The number of rotatable bonds is 7. The number of benzene rings is 1. The predicted molar refractivity (Wildman–Crippen MR) is 117 cm³/mol. The molecule has 0 fully saturated rings. The summed E-state index contributed by atoms with van der Waals surface area (Å²) >= 11 is 0. The van der Waals surface area contributed by atoms with E-state index in [0.717, 1.165) is 61.4 Å². The van der Waals surface area contributed by atoms with Gasteiger partial charge in [-0.15, -0.1) is 12.4 Å². The van der Waals surface area contributed by atoms with E-state index in [1.165, 1.54) is 0 Å². The zero-order chi connectivity index (χ0) is 19.5. The third-order valence-electron chi connectivity index (χ3n) is 5.44. The number of H-pyrrole nitrogens is 1. The van der Waals surface area contributed by atoms with Crippen LogP contribution in [0.5, 0.6) is 0 Å². The molecule has 1 aliphatic rings. The molecule has 3 aromatic rings. The Morgan fingerprint density at radius 2 is 2.07 bits per heavy atom. The molecule has 1 aromatic carbocycles. The molecule has 156 valence electrons. The van der Waals surface area contributed by atoms with Crippen molar-refractivity contribution in [1.29, 1.82) is 0 Å². The second-order valence-corrected chi connectivity index (χ2v) is 7.01. The highest BCUT2D eigenvalue weighted by molar-refractivity contribution is 6.04. The largest absolute Gasteiger partial charge is 0.312 e. The van der Waals surface area contributed by atoms with Crippen molar-refractivity contribution in [3.8, 4) is 0 Å². The minimum absolute atomic E-state index is 0. The maximum atomic E-state index is 12.9. The first-order chi connectivity index (χ1) is 13.7. The molecule has 0 bridgehead atoms. The van der Waals surface area contributed by atoms with Gasteiger partial charge < -0.3 is 14.8 Å². The molecule has 0 spiro atoms. The van der Waals surface area contributed by atoms with Gasteiger partial charge in [0.15, 0.2) is 5.69 Å². The molecule has 3 N–H and O–H groups in total. The van der Waals surface area contributed by atoms with Crippen LogP contribution in [0.2, 0.25) is 0 Å². The van der Waals surface area contributed by atoms with E-state index in [-0.39, 0.29) is 18.3 Å². The van der Waals surface area contributed by atoms with Crippen molar-refractivity contribution < 1.29 is 4.79 Å². The summed E-state index contributed by atoms with van der Waals surface area (Å²) in [7, 11) is 0. The Morgan fingerprint density at radius 1 is 1.28 bits per heavy atom. The number of carbonyl (C=O) groups is 1. The molecule has 0 saturated carbocycles. The van der Waals surface area contributed by atoms with E-state index in [1.54, 1.807) is 0 Å². The van der Waals surface area contributed by atoms with Gasteiger partial charge in [-0.3, -0.25) is 15.2 Å². The first-order valence-electron chi connectivity index (χ1n) is 9.97. The predicted octanol–water partition coefficient (Wildman–Crippen LogP) is 2.42. The third-order valence-corrected chi connectivity index (χ3v) is 5.44. The van der Waals surface area contributed by atoms with Gasteiger partial charge in [0.1, 0.15) is 0 Å². The number of amides is 1. The number of hydrogen-bond donors (Lipinski definition) is 3. The Labute approximate surface area is 176 Å². The molecule has 0 radical (unpaired) electrons. The van der Waals surface area contributed by atoms with Gasteiger partial charge in [0, 0.05) is 43.9 Å². The topological polar surface area (TPSA) is 90.9 Å². The van der Waals surface area contributed by atoms with E-state index in [1.807, 2.05) is 24.3 Å². The van der Waals surface area contributed by atoms with Gasteiger partial charge in [0.2, 0.25) is 5.95 Å². The Balaban J connectivity index is 0.00000240. The zero-order valence-corrected chi connectivity index (χ0v) is 17.7. The lowest BCUT2D eigenvalue weighted by molar-refractivity contribution is 0.102. The molecule has 0 atom stereocenters. The molecule has 3 heterocycles. The normalized spacial score (nSPS) is 13.3. The van der Waals surface area contributed by atoms with Crippen molar-refractivity contribution >= 4 is 35.3 Å². The fraction of sp³-hybridized carbons (Fsp3) is 0.450. The number of anilines is 1. The minimum atomic E-state index is -0.222. The summed E-state index contributed by atoms with van der Waals surface area (Å²) in [6.07, 6.45) is 0.859. The molecule has 0 unspecified atom stereocenters. The average Bonchev–Trinajstić information content (AvgIpc) is 3.30. The van der Waals surface area contributed by atoms with Crippen LogP contribution in [0.3, 0.4) is 0 Å². The van der Waals surface area contributed by atoms with Gasteiger partial charge in [0.25, 0.3) is 5.91 Å². The smallest absolute Gasteiger partial charge is 0.278 e. The molecule has 2 aromatic heterocycles. The molecular weight excluding hydrogens is 390 g/mol. The number of nitrogens with zero attached hydrogens (tertiary/aromatic N) is 4. The number of likely N-dealkylation sites (N-methyl/N-ethyl adjacent to an activating group) is 1. The maximum absolute atomic E-state index is 12.9. The van der Waals surface area contributed by atoms with Gasteiger partial charge in [-0.25, -0.2) is 4.98 Å². The molecule has 0 aliphatic carbocycles. The van der Waals surface area contributed by atoms with Crippen LogP contribution in [0.4, 0.5) is 5.95 Å². The van der Waals surface area contributed by atoms with Crippen LogP contribution in [0, 0.1) is 0 Å². The van der Waals surface area contributed by atoms with Crippen LogP contribution in [-0.4, -0.2) is 56.7 Å². The van der Waals surface area contributed by atoms with Crippen LogP contribution in [0.25, 0.3) is 11.0 Å². The SMILES string of the molecule is CCN(CC)CCn1c(NC(=O)c2n[nH]c3c2CNCC3)nc2ccccc21.Cl. The van der Waals surface area contributed by atoms with Gasteiger partial charge in [-0.2, -0.15) is 5.10 Å². The van der Waals surface area contributed by atoms with Crippen LogP contribution in [-0.2, 0) is 19.5 Å². The summed E-state index contributed by atoms with van der Waals surface area (Å²) in [5.74, 6) is 0.347. The van der Waals surface area contributed by atoms with E-state index in [2.05, 4.69) is 49.1 Å². The highest BCUT2D eigenvalue weighted by Crippen LogP contribution is 2.21. The molecule has 29 heavy (non-hydrogen) atoms. The van der Waals surface area contributed by atoms with Gasteiger partial charge in [0.05, 0.1) is 11.0 Å². The summed E-state index contributed by atoms with van der Waals surface area (Å²) in [5.41, 5.74) is 4.34. The number of nitrogens with one attached hydrogen (secondary N) is 3. The van der Waals surface area contributed by atoms with Crippen molar-refractivity contribution in [2.24, 2.45) is 0 Å². The Morgan fingerprint density at radius 3 is 2.86 bits per heavy atom.